The van der Waals surface area contributed by atoms with E-state index in [4.69, 9.17) is 11.6 Å². The normalized spacial score (nSPS) is 13.5. The Morgan fingerprint density at radius 2 is 1.94 bits per heavy atom. The van der Waals surface area contributed by atoms with Crippen molar-refractivity contribution < 1.29 is 13.5 Å². The lowest BCUT2D eigenvalue weighted by atomic mass is 10.2. The quantitative estimate of drug-likeness (QED) is 0.793. The molecule has 0 aromatic heterocycles. The lowest BCUT2D eigenvalue weighted by Gasteiger charge is -2.11. The number of hydrogen-bond acceptors (Lipinski definition) is 4. The minimum Gasteiger partial charge on any atom is -0.391 e. The molecule has 0 fully saturated rings. The fourth-order valence-corrected chi connectivity index (χ4v) is 3.20. The molecule has 0 radical (unpaired) electrons. The molecule has 2 N–H and O–H groups in total. The first kappa shape index (κ1) is 15.4. The van der Waals surface area contributed by atoms with Crippen LogP contribution in [0, 0.1) is 0 Å². The van der Waals surface area contributed by atoms with Crippen molar-refractivity contribution in [3.05, 3.63) is 34.9 Å². The predicted molar refractivity (Wildman–Crippen MR) is 73.5 cm³/mol. The highest BCUT2D eigenvalue weighted by Crippen LogP contribution is 2.12. The van der Waals surface area contributed by atoms with E-state index in [0.717, 1.165) is 0 Å². The van der Waals surface area contributed by atoms with Gasteiger partial charge in [-0.05, 0) is 24.2 Å². The zero-order chi connectivity index (χ0) is 13.6. The lowest BCUT2D eigenvalue weighted by molar-refractivity contribution is 0.194. The molecule has 6 heteroatoms. The summed E-state index contributed by atoms with van der Waals surface area (Å²) < 4.78 is 23.7. The van der Waals surface area contributed by atoms with Crippen molar-refractivity contribution in [2.45, 2.75) is 18.8 Å². The third kappa shape index (κ3) is 5.82. The Labute approximate surface area is 113 Å². The molecule has 0 amide bonds. The number of aliphatic hydroxyl groups excluding tert-OH is 1. The molecule has 4 nitrogen and oxygen atoms in total. The molecule has 1 unspecified atom stereocenters. The molecule has 0 spiro atoms. The number of likely N-dealkylation sites (N-methyl/N-ethyl adjacent to an activating group) is 1. The van der Waals surface area contributed by atoms with Crippen LogP contribution in [0.25, 0.3) is 0 Å². The Balaban J connectivity index is 2.56. The highest BCUT2D eigenvalue weighted by molar-refractivity contribution is 7.90. The maximum absolute atomic E-state index is 11.8. The molecule has 0 saturated heterocycles. The van der Waals surface area contributed by atoms with Gasteiger partial charge in [0, 0.05) is 11.6 Å². The van der Waals surface area contributed by atoms with E-state index < -0.39 is 15.9 Å². The number of nitrogens with one attached hydrogen (secondary N) is 1. The average Bonchev–Trinajstić information content (AvgIpc) is 2.28. The van der Waals surface area contributed by atoms with E-state index in [-0.39, 0.29) is 18.1 Å². The summed E-state index contributed by atoms with van der Waals surface area (Å²) in [6.45, 7) is 2.89. The Hall–Kier alpha value is -0.620. The molecule has 0 heterocycles. The highest BCUT2D eigenvalue weighted by atomic mass is 35.5. The SMILES string of the molecule is CCNCC(O)CS(=O)(=O)Cc1ccc(Cl)cc1. The van der Waals surface area contributed by atoms with Gasteiger partial charge in [0.2, 0.25) is 0 Å². The first-order valence-electron chi connectivity index (χ1n) is 5.76. The summed E-state index contributed by atoms with van der Waals surface area (Å²) in [5, 5.41) is 13.1. The van der Waals surface area contributed by atoms with E-state index in [2.05, 4.69) is 5.32 Å². The van der Waals surface area contributed by atoms with Crippen LogP contribution in [0.1, 0.15) is 12.5 Å². The van der Waals surface area contributed by atoms with Crippen molar-refractivity contribution >= 4 is 21.4 Å². The van der Waals surface area contributed by atoms with E-state index in [1.807, 2.05) is 6.92 Å². The van der Waals surface area contributed by atoms with Gasteiger partial charge in [0.25, 0.3) is 0 Å². The monoisotopic (exact) mass is 291 g/mol. The number of aliphatic hydroxyl groups is 1. The first-order valence-corrected chi connectivity index (χ1v) is 7.96. The minimum atomic E-state index is -3.31. The molecule has 18 heavy (non-hydrogen) atoms. The average molecular weight is 292 g/mol. The van der Waals surface area contributed by atoms with E-state index in [9.17, 15) is 13.5 Å². The number of rotatable bonds is 7. The zero-order valence-electron chi connectivity index (χ0n) is 10.3. The van der Waals surface area contributed by atoms with Gasteiger partial charge in [0.15, 0.2) is 9.84 Å². The fourth-order valence-electron chi connectivity index (χ4n) is 1.56. The Morgan fingerprint density at radius 1 is 1.33 bits per heavy atom. The molecular weight excluding hydrogens is 274 g/mol. The molecule has 1 atom stereocenters. The van der Waals surface area contributed by atoms with Crippen LogP contribution in [0.5, 0.6) is 0 Å². The second-order valence-corrected chi connectivity index (χ2v) is 6.69. The van der Waals surface area contributed by atoms with Crippen LogP contribution in [0.4, 0.5) is 0 Å². The molecule has 0 saturated carbocycles. The van der Waals surface area contributed by atoms with Gasteiger partial charge < -0.3 is 10.4 Å². The Bertz CT molecular complexity index is 459. The first-order chi connectivity index (χ1) is 8.43. The largest absolute Gasteiger partial charge is 0.391 e. The molecular formula is C12H18ClNO3S. The molecule has 0 bridgehead atoms. The molecule has 1 rings (SSSR count). The topological polar surface area (TPSA) is 66.4 Å². The van der Waals surface area contributed by atoms with Gasteiger partial charge >= 0.3 is 0 Å². The number of sulfone groups is 1. The summed E-state index contributed by atoms with van der Waals surface area (Å²) in [6, 6.07) is 6.66. The molecule has 1 aromatic rings. The van der Waals surface area contributed by atoms with E-state index >= 15 is 0 Å². The number of halogens is 1. The summed E-state index contributed by atoms with van der Waals surface area (Å²) >= 11 is 5.73. The van der Waals surface area contributed by atoms with Crippen molar-refractivity contribution in [1.82, 2.24) is 5.32 Å². The van der Waals surface area contributed by atoms with Gasteiger partial charge in [-0.25, -0.2) is 8.42 Å². The van der Waals surface area contributed by atoms with Crippen LogP contribution in [0.15, 0.2) is 24.3 Å². The van der Waals surface area contributed by atoms with Gasteiger partial charge in [-0.15, -0.1) is 0 Å². The third-order valence-electron chi connectivity index (χ3n) is 2.38. The van der Waals surface area contributed by atoms with E-state index in [1.54, 1.807) is 24.3 Å². The Morgan fingerprint density at radius 3 is 2.50 bits per heavy atom. The van der Waals surface area contributed by atoms with Crippen LogP contribution in [0.3, 0.4) is 0 Å². The van der Waals surface area contributed by atoms with Gasteiger partial charge in [-0.3, -0.25) is 0 Å². The van der Waals surface area contributed by atoms with Gasteiger partial charge in [0.1, 0.15) is 0 Å². The van der Waals surface area contributed by atoms with Gasteiger partial charge in [-0.1, -0.05) is 30.7 Å². The summed E-state index contributed by atoms with van der Waals surface area (Å²) in [7, 11) is -3.31. The van der Waals surface area contributed by atoms with Crippen LogP contribution in [0.2, 0.25) is 5.02 Å². The Kier molecular flexibility index (Phi) is 6.08. The van der Waals surface area contributed by atoms with Crippen molar-refractivity contribution in [2.75, 3.05) is 18.8 Å². The van der Waals surface area contributed by atoms with Crippen LogP contribution in [-0.4, -0.2) is 38.5 Å². The molecule has 0 aliphatic rings. The van der Waals surface area contributed by atoms with Crippen molar-refractivity contribution in [2.24, 2.45) is 0 Å². The highest BCUT2D eigenvalue weighted by Gasteiger charge is 2.17. The molecule has 0 aliphatic carbocycles. The summed E-state index contributed by atoms with van der Waals surface area (Å²) in [5.41, 5.74) is 0.676. The van der Waals surface area contributed by atoms with Crippen LogP contribution in [-0.2, 0) is 15.6 Å². The summed E-state index contributed by atoms with van der Waals surface area (Å²) in [6.07, 6.45) is -0.873. The molecule has 0 aliphatic heterocycles. The fraction of sp³-hybridized carbons (Fsp3) is 0.500. The summed E-state index contributed by atoms with van der Waals surface area (Å²) in [5.74, 6) is -0.310. The second kappa shape index (κ2) is 7.09. The van der Waals surface area contributed by atoms with Crippen molar-refractivity contribution in [3.8, 4) is 0 Å². The standard InChI is InChI=1S/C12H18ClNO3S/c1-2-14-7-12(15)9-18(16,17)8-10-3-5-11(13)6-4-10/h3-6,12,14-15H,2,7-9H2,1H3. The van der Waals surface area contributed by atoms with Crippen LogP contribution >= 0.6 is 11.6 Å². The lowest BCUT2D eigenvalue weighted by Crippen LogP contribution is -2.32. The molecule has 102 valence electrons. The maximum Gasteiger partial charge on any atom is 0.157 e. The smallest absolute Gasteiger partial charge is 0.157 e. The van der Waals surface area contributed by atoms with Crippen LogP contribution < -0.4 is 5.32 Å². The van der Waals surface area contributed by atoms with Gasteiger partial charge in [0.05, 0.1) is 17.6 Å². The third-order valence-corrected chi connectivity index (χ3v) is 4.29. The van der Waals surface area contributed by atoms with Crippen molar-refractivity contribution in [1.29, 1.82) is 0 Å². The summed E-state index contributed by atoms with van der Waals surface area (Å²) in [4.78, 5) is 0. The number of hydrogen-bond donors (Lipinski definition) is 2. The van der Waals surface area contributed by atoms with Crippen molar-refractivity contribution in [3.63, 3.8) is 0 Å². The maximum atomic E-state index is 11.8. The minimum absolute atomic E-state index is 0.0760. The van der Waals surface area contributed by atoms with Gasteiger partial charge in [-0.2, -0.15) is 0 Å². The zero-order valence-corrected chi connectivity index (χ0v) is 11.8. The molecule has 1 aromatic carbocycles. The van der Waals surface area contributed by atoms with E-state index in [1.165, 1.54) is 0 Å². The predicted octanol–water partition coefficient (Wildman–Crippen LogP) is 1.23. The second-order valence-electron chi connectivity index (χ2n) is 4.14. The number of benzene rings is 1. The van der Waals surface area contributed by atoms with E-state index in [0.29, 0.717) is 17.1 Å².